The van der Waals surface area contributed by atoms with E-state index >= 15 is 0 Å². The van der Waals surface area contributed by atoms with Gasteiger partial charge in [-0.2, -0.15) is 0 Å². The van der Waals surface area contributed by atoms with Crippen LogP contribution in [0, 0.1) is 0 Å². The van der Waals surface area contributed by atoms with Gasteiger partial charge in [-0.05, 0) is 83.2 Å². The molecule has 0 saturated carbocycles. The second-order valence-corrected chi connectivity index (χ2v) is 11.0. The van der Waals surface area contributed by atoms with Crippen molar-refractivity contribution < 1.29 is 9.31 Å². The van der Waals surface area contributed by atoms with Crippen LogP contribution >= 0.6 is 0 Å². The third-order valence-corrected chi connectivity index (χ3v) is 8.34. The number of nitrogens with zero attached hydrogens (tertiary/aromatic N) is 1. The van der Waals surface area contributed by atoms with Gasteiger partial charge in [0.05, 0.1) is 16.7 Å². The van der Waals surface area contributed by atoms with Crippen LogP contribution in [-0.2, 0) is 9.31 Å². The molecule has 1 aromatic heterocycles. The monoisotopic (exact) mass is 481 g/mol. The highest BCUT2D eigenvalue weighted by atomic mass is 16.7. The predicted octanol–water partition coefficient (Wildman–Crippen LogP) is 7.66. The molecule has 1 aliphatic heterocycles. The first kappa shape index (κ1) is 22.5. The number of pyridine rings is 1. The Morgan fingerprint density at radius 3 is 1.89 bits per heavy atom. The Morgan fingerprint density at radius 1 is 0.568 bits per heavy atom. The van der Waals surface area contributed by atoms with Crippen molar-refractivity contribution in [3.8, 4) is 11.1 Å². The second kappa shape index (κ2) is 7.88. The first-order valence-electron chi connectivity index (χ1n) is 12.9. The molecule has 0 atom stereocenters. The van der Waals surface area contributed by atoms with Crippen LogP contribution in [0.3, 0.4) is 0 Å². The summed E-state index contributed by atoms with van der Waals surface area (Å²) in [7, 11) is -0.431. The van der Waals surface area contributed by atoms with E-state index in [1.165, 1.54) is 32.5 Å². The van der Waals surface area contributed by atoms with Gasteiger partial charge < -0.3 is 9.31 Å². The minimum Gasteiger partial charge on any atom is -0.399 e. The summed E-state index contributed by atoms with van der Waals surface area (Å²) in [4.78, 5) is 4.77. The zero-order valence-corrected chi connectivity index (χ0v) is 21.6. The van der Waals surface area contributed by atoms with Crippen LogP contribution in [-0.4, -0.2) is 23.3 Å². The first-order chi connectivity index (χ1) is 17.8. The third kappa shape index (κ3) is 3.33. The lowest BCUT2D eigenvalue weighted by Crippen LogP contribution is -2.41. The molecule has 0 unspecified atom stereocenters. The maximum Gasteiger partial charge on any atom is 0.495 e. The fourth-order valence-corrected chi connectivity index (χ4v) is 5.69. The van der Waals surface area contributed by atoms with Gasteiger partial charge in [0.15, 0.2) is 0 Å². The van der Waals surface area contributed by atoms with E-state index in [4.69, 9.17) is 14.3 Å². The number of benzene rings is 5. The van der Waals surface area contributed by atoms with Crippen LogP contribution < -0.4 is 5.46 Å². The quantitative estimate of drug-likeness (QED) is 0.188. The second-order valence-electron chi connectivity index (χ2n) is 11.0. The minimum atomic E-state index is -0.431. The largest absolute Gasteiger partial charge is 0.495 e. The highest BCUT2D eigenvalue weighted by Gasteiger charge is 2.52. The highest BCUT2D eigenvalue weighted by molar-refractivity contribution is 6.66. The fraction of sp³-hybridized carbons (Fsp3) is 0.182. The van der Waals surface area contributed by atoms with Gasteiger partial charge in [-0.1, -0.05) is 78.9 Å². The molecule has 1 saturated heterocycles. The van der Waals surface area contributed by atoms with Gasteiger partial charge in [0.1, 0.15) is 0 Å². The topological polar surface area (TPSA) is 31.4 Å². The van der Waals surface area contributed by atoms with E-state index in [1.807, 2.05) is 12.3 Å². The van der Waals surface area contributed by atoms with Crippen molar-refractivity contribution in [2.75, 3.05) is 0 Å². The Kier molecular flexibility index (Phi) is 4.79. The molecule has 0 bridgehead atoms. The van der Waals surface area contributed by atoms with Crippen LogP contribution in [0.5, 0.6) is 0 Å². The molecule has 0 amide bonds. The van der Waals surface area contributed by atoms with Crippen molar-refractivity contribution in [3.05, 3.63) is 97.2 Å². The first-order valence-corrected chi connectivity index (χ1v) is 12.9. The molecule has 37 heavy (non-hydrogen) atoms. The lowest BCUT2D eigenvalue weighted by atomic mass is 9.74. The van der Waals surface area contributed by atoms with E-state index in [9.17, 15) is 0 Å². The van der Waals surface area contributed by atoms with E-state index in [1.54, 1.807) is 0 Å². The molecule has 4 heteroatoms. The van der Waals surface area contributed by atoms with Crippen molar-refractivity contribution in [1.29, 1.82) is 0 Å². The van der Waals surface area contributed by atoms with Crippen molar-refractivity contribution in [3.63, 3.8) is 0 Å². The molecule has 5 aromatic carbocycles. The van der Waals surface area contributed by atoms with Gasteiger partial charge in [-0.25, -0.2) is 0 Å². The minimum absolute atomic E-state index is 0.402. The Labute approximate surface area is 217 Å². The van der Waals surface area contributed by atoms with E-state index < -0.39 is 18.3 Å². The van der Waals surface area contributed by atoms with Crippen LogP contribution in [0.1, 0.15) is 27.7 Å². The lowest BCUT2D eigenvalue weighted by Gasteiger charge is -2.32. The zero-order chi connectivity index (χ0) is 25.4. The molecule has 1 aliphatic rings. The summed E-state index contributed by atoms with van der Waals surface area (Å²) >= 11 is 0. The normalized spacial score (nSPS) is 16.8. The maximum atomic E-state index is 6.53. The molecule has 0 N–H and O–H groups in total. The molecular formula is C33H28BNO2. The lowest BCUT2D eigenvalue weighted by molar-refractivity contribution is 0.00578. The van der Waals surface area contributed by atoms with Crippen LogP contribution in [0.2, 0.25) is 0 Å². The SMILES string of the molecule is CC1(C)OB(c2cc3c4ccccc4c(-c4cccc5cccnc45)cc3c3ccccc23)OC1(C)C. The smallest absolute Gasteiger partial charge is 0.399 e. The number of aromatic nitrogens is 1. The Hall–Kier alpha value is -3.73. The third-order valence-electron chi connectivity index (χ3n) is 8.34. The molecule has 180 valence electrons. The van der Waals surface area contributed by atoms with Gasteiger partial charge in [-0.3, -0.25) is 4.98 Å². The zero-order valence-electron chi connectivity index (χ0n) is 21.6. The summed E-state index contributed by atoms with van der Waals surface area (Å²) in [5.41, 5.74) is 3.64. The van der Waals surface area contributed by atoms with Crippen molar-refractivity contribution in [2.45, 2.75) is 38.9 Å². The average Bonchev–Trinajstić information content (AvgIpc) is 3.13. The van der Waals surface area contributed by atoms with Crippen molar-refractivity contribution >= 4 is 55.8 Å². The molecule has 0 aliphatic carbocycles. The van der Waals surface area contributed by atoms with Crippen molar-refractivity contribution in [2.24, 2.45) is 0 Å². The number of hydrogen-bond donors (Lipinski definition) is 0. The molecule has 7 rings (SSSR count). The van der Waals surface area contributed by atoms with Crippen LogP contribution in [0.25, 0.3) is 54.3 Å². The van der Waals surface area contributed by atoms with Gasteiger partial charge in [-0.15, -0.1) is 0 Å². The standard InChI is InChI=1S/C33H28BNO2/c1-32(2)33(3,4)37-34(36-32)30-20-29-23-14-6-5-13-22(23)27(19-28(29)24-15-7-8-16-25(24)30)26-17-9-11-21-12-10-18-35-31(21)26/h5-20H,1-4H3. The van der Waals surface area contributed by atoms with E-state index in [0.29, 0.717) is 0 Å². The maximum absolute atomic E-state index is 6.53. The highest BCUT2D eigenvalue weighted by Crippen LogP contribution is 2.41. The van der Waals surface area contributed by atoms with E-state index in [0.717, 1.165) is 27.3 Å². The average molecular weight is 481 g/mol. The number of rotatable bonds is 2. The Balaban J connectivity index is 1.58. The summed E-state index contributed by atoms with van der Waals surface area (Å²) in [5, 5.41) is 8.35. The van der Waals surface area contributed by atoms with Gasteiger partial charge in [0, 0.05) is 17.1 Å². The molecule has 1 fully saturated rings. The molecule has 0 radical (unpaired) electrons. The van der Waals surface area contributed by atoms with E-state index in [-0.39, 0.29) is 0 Å². The Bertz CT molecular complexity index is 1840. The van der Waals surface area contributed by atoms with Crippen molar-refractivity contribution in [1.82, 2.24) is 4.98 Å². The van der Waals surface area contributed by atoms with Gasteiger partial charge in [0.2, 0.25) is 0 Å². The van der Waals surface area contributed by atoms with E-state index in [2.05, 4.69) is 113 Å². The molecule has 6 aromatic rings. The Morgan fingerprint density at radius 2 is 1.16 bits per heavy atom. The summed E-state index contributed by atoms with van der Waals surface area (Å²) < 4.78 is 13.1. The molecule has 2 heterocycles. The fourth-order valence-electron chi connectivity index (χ4n) is 5.69. The van der Waals surface area contributed by atoms with Gasteiger partial charge >= 0.3 is 7.12 Å². The van der Waals surface area contributed by atoms with Crippen LogP contribution in [0.15, 0.2) is 97.2 Å². The number of para-hydroxylation sites is 1. The van der Waals surface area contributed by atoms with Crippen LogP contribution in [0.4, 0.5) is 0 Å². The summed E-state index contributed by atoms with van der Waals surface area (Å²) in [6.07, 6.45) is 1.88. The number of hydrogen-bond acceptors (Lipinski definition) is 3. The number of fused-ring (bicyclic) bond motifs is 6. The summed E-state index contributed by atoms with van der Waals surface area (Å²) in [5.74, 6) is 0. The molecule has 3 nitrogen and oxygen atoms in total. The molecular weight excluding hydrogens is 453 g/mol. The van der Waals surface area contributed by atoms with Gasteiger partial charge in [0.25, 0.3) is 0 Å². The predicted molar refractivity (Wildman–Crippen MR) is 155 cm³/mol. The molecule has 0 spiro atoms. The summed E-state index contributed by atoms with van der Waals surface area (Å²) in [6.45, 7) is 8.43. The summed E-state index contributed by atoms with van der Waals surface area (Å²) in [6, 6.07) is 32.5.